The number of esters is 1. The van der Waals surface area contributed by atoms with Gasteiger partial charge in [-0.15, -0.1) is 11.3 Å². The molecule has 3 heterocycles. The Balaban J connectivity index is 1.16. The van der Waals surface area contributed by atoms with Gasteiger partial charge in [-0.25, -0.2) is 24.2 Å². The molecule has 2 aromatic carbocycles. The molecule has 5 amide bonds. The predicted octanol–water partition coefficient (Wildman–Crippen LogP) is 4.40. The summed E-state index contributed by atoms with van der Waals surface area (Å²) >= 11 is 0.976. The van der Waals surface area contributed by atoms with E-state index in [4.69, 9.17) is 23.8 Å². The maximum Gasteiger partial charge on any atom is 0.413 e. The molecule has 0 spiro atoms. The van der Waals surface area contributed by atoms with Crippen LogP contribution in [0.2, 0.25) is 0 Å². The van der Waals surface area contributed by atoms with Crippen LogP contribution in [0.15, 0.2) is 71.2 Å². The monoisotopic (exact) mass is 833 g/mol. The molecule has 6 rings (SSSR count). The van der Waals surface area contributed by atoms with Crippen LogP contribution < -0.4 is 21.3 Å². The molecule has 0 bridgehead atoms. The number of cyclic esters (lactones) is 1. The lowest BCUT2D eigenvalue weighted by atomic mass is 9.98. The van der Waals surface area contributed by atoms with E-state index >= 15 is 0 Å². The van der Waals surface area contributed by atoms with Gasteiger partial charge in [0.25, 0.3) is 5.91 Å². The van der Waals surface area contributed by atoms with Crippen molar-refractivity contribution in [2.45, 2.75) is 95.5 Å². The molecule has 3 fully saturated rings. The predicted molar refractivity (Wildman–Crippen MR) is 212 cm³/mol. The molecule has 4 N–H and O–H groups in total. The fourth-order valence-corrected chi connectivity index (χ4v) is 6.64. The second-order valence-electron chi connectivity index (χ2n) is 16.2. The van der Waals surface area contributed by atoms with Crippen molar-refractivity contribution < 1.29 is 52.6 Å². The number of aromatic nitrogens is 1. The number of hydrogen-bond donors (Lipinski definition) is 4. The summed E-state index contributed by atoms with van der Waals surface area (Å²) in [5, 5.41) is 16.1. The van der Waals surface area contributed by atoms with Gasteiger partial charge in [0, 0.05) is 24.8 Å². The Kier molecular flexibility index (Phi) is 12.4. The normalized spacial score (nSPS) is 19.7. The number of rotatable bonds is 14. The van der Waals surface area contributed by atoms with Crippen LogP contribution in [-0.2, 0) is 38.2 Å². The first kappa shape index (κ1) is 42.4. The Bertz CT molecular complexity index is 2040. The van der Waals surface area contributed by atoms with Crippen molar-refractivity contribution in [3.63, 3.8) is 0 Å². The highest BCUT2D eigenvalue weighted by molar-refractivity contribution is 7.14. The van der Waals surface area contributed by atoms with Gasteiger partial charge >= 0.3 is 24.2 Å². The summed E-state index contributed by atoms with van der Waals surface area (Å²) in [6.07, 6.45) is -3.05. The van der Waals surface area contributed by atoms with Gasteiger partial charge in [0.05, 0.1) is 19.1 Å². The van der Waals surface area contributed by atoms with Crippen LogP contribution in [0.25, 0.3) is 0 Å². The lowest BCUT2D eigenvalue weighted by Gasteiger charge is -2.38. The van der Waals surface area contributed by atoms with Gasteiger partial charge in [0.2, 0.25) is 11.5 Å². The fourth-order valence-electron chi connectivity index (χ4n) is 5.96. The summed E-state index contributed by atoms with van der Waals surface area (Å²) in [5.74, 6) is -2.11. The molecule has 3 atom stereocenters. The molecular weight excluding hydrogens is 787 g/mol. The number of hydrogen-bond acceptors (Lipinski definition) is 14. The zero-order chi connectivity index (χ0) is 42.5. The summed E-state index contributed by atoms with van der Waals surface area (Å²) in [6.45, 7) is 10.3. The average molecular weight is 834 g/mol. The molecule has 2 aliphatic heterocycles. The van der Waals surface area contributed by atoms with Crippen molar-refractivity contribution in [2.24, 2.45) is 5.16 Å². The number of thiazole rings is 1. The number of amides is 5. The minimum absolute atomic E-state index is 0.000776. The van der Waals surface area contributed by atoms with E-state index in [1.165, 1.54) is 10.3 Å². The van der Waals surface area contributed by atoms with Crippen LogP contribution in [-0.4, -0.2) is 106 Å². The minimum Gasteiger partial charge on any atom is -0.450 e. The number of carbonyl (C=O) groups is 6. The minimum atomic E-state index is -1.51. The molecule has 18 nitrogen and oxygen atoms in total. The van der Waals surface area contributed by atoms with E-state index in [0.29, 0.717) is 0 Å². The SMILES string of the molecule is CC(C)(C)OC(=O)NC[C@@H]1CN(C[C@H]2NC(=O)[C@H]2NC(=O)/C(=N\OC2(C(=O)OC(c3ccccc3)c3ccccc3)CC2)c2csc(NC(=O)OC(C)(C)C)n2)C(=O)O1. The molecule has 1 aromatic heterocycles. The summed E-state index contributed by atoms with van der Waals surface area (Å²) in [7, 11) is 0. The number of nitrogens with one attached hydrogen (secondary N) is 4. The lowest BCUT2D eigenvalue weighted by molar-refractivity contribution is -0.164. The van der Waals surface area contributed by atoms with Gasteiger partial charge < -0.3 is 44.6 Å². The second kappa shape index (κ2) is 17.3. The number of anilines is 1. The maximum absolute atomic E-state index is 14.0. The van der Waals surface area contributed by atoms with Crippen molar-refractivity contribution in [3.8, 4) is 0 Å². The summed E-state index contributed by atoms with van der Waals surface area (Å²) in [5.41, 5.74) is -1.96. The highest BCUT2D eigenvalue weighted by Crippen LogP contribution is 2.43. The van der Waals surface area contributed by atoms with Crippen LogP contribution in [0.5, 0.6) is 0 Å². The number of benzene rings is 2. The standard InChI is InChI=1S/C40H47N7O11S/c1-38(2,3)56-35(51)41-19-25-20-47(37(53)54-25)21-26-28(31(48)42-26)44-32(49)29(27-22-59-34(43-27)45-36(52)57-39(4,5)6)46-58-40(17-18-40)33(50)55-30(23-13-9-7-10-14-23)24-15-11-8-12-16-24/h7-16,22,25-26,28,30H,17-21H2,1-6H3,(H,41,51)(H,42,48)(H,44,49)(H,43,45,52)/b46-29-/t25-,26-,28+/m1/s1. The quantitative estimate of drug-likeness (QED) is 0.0583. The number of oxime groups is 1. The fraction of sp³-hybridized carbons (Fsp3) is 0.450. The second-order valence-corrected chi connectivity index (χ2v) is 17.0. The van der Waals surface area contributed by atoms with E-state index < -0.39 is 82.9 Å². The molecule has 1 saturated carbocycles. The average Bonchev–Trinajstić information content (AvgIpc) is 3.69. The summed E-state index contributed by atoms with van der Waals surface area (Å²) in [6, 6.07) is 16.6. The third-order valence-corrected chi connectivity index (χ3v) is 9.68. The molecule has 3 aromatic rings. The number of carbonyl (C=O) groups excluding carboxylic acids is 6. The number of nitrogens with zero attached hydrogens (tertiary/aromatic N) is 3. The van der Waals surface area contributed by atoms with E-state index in [0.717, 1.165) is 22.5 Å². The van der Waals surface area contributed by atoms with Crippen molar-refractivity contribution >= 4 is 58.2 Å². The van der Waals surface area contributed by atoms with E-state index in [-0.39, 0.29) is 43.3 Å². The first-order valence-electron chi connectivity index (χ1n) is 18.9. The van der Waals surface area contributed by atoms with Crippen LogP contribution in [0, 0.1) is 0 Å². The third kappa shape index (κ3) is 11.2. The molecule has 3 aliphatic rings. The summed E-state index contributed by atoms with van der Waals surface area (Å²) < 4.78 is 22.0. The van der Waals surface area contributed by atoms with Gasteiger partial charge in [-0.2, -0.15) is 0 Å². The first-order chi connectivity index (χ1) is 27.9. The first-order valence-corrected chi connectivity index (χ1v) is 19.8. The maximum atomic E-state index is 14.0. The lowest BCUT2D eigenvalue weighted by Crippen LogP contribution is -2.72. The van der Waals surface area contributed by atoms with Gasteiger partial charge in [0.15, 0.2) is 16.9 Å². The molecule has 0 radical (unpaired) electrons. The van der Waals surface area contributed by atoms with Crippen molar-refractivity contribution in [3.05, 3.63) is 82.9 Å². The number of alkyl carbamates (subject to hydrolysis) is 1. The van der Waals surface area contributed by atoms with Crippen molar-refractivity contribution in [2.75, 3.05) is 25.0 Å². The Morgan fingerprint density at radius 1 is 0.949 bits per heavy atom. The number of ether oxygens (including phenoxy) is 4. The molecular formula is C40H47N7O11S. The van der Waals surface area contributed by atoms with Crippen molar-refractivity contribution in [1.82, 2.24) is 25.8 Å². The third-order valence-electron chi connectivity index (χ3n) is 8.93. The van der Waals surface area contributed by atoms with Crippen molar-refractivity contribution in [1.29, 1.82) is 0 Å². The van der Waals surface area contributed by atoms with E-state index in [1.807, 2.05) is 60.7 Å². The number of β-lactam (4-membered cyclic amide) rings is 1. The van der Waals surface area contributed by atoms with Crippen LogP contribution >= 0.6 is 11.3 Å². The Hall–Kier alpha value is -6.24. The molecule has 19 heteroatoms. The highest BCUT2D eigenvalue weighted by atomic mass is 32.1. The van der Waals surface area contributed by atoms with E-state index in [1.54, 1.807) is 41.5 Å². The Morgan fingerprint density at radius 2 is 1.56 bits per heavy atom. The zero-order valence-corrected chi connectivity index (χ0v) is 34.3. The van der Waals surface area contributed by atoms with E-state index in [9.17, 15) is 28.8 Å². The molecule has 314 valence electrons. The van der Waals surface area contributed by atoms with Gasteiger partial charge in [0.1, 0.15) is 29.0 Å². The largest absolute Gasteiger partial charge is 0.450 e. The molecule has 2 saturated heterocycles. The highest BCUT2D eigenvalue weighted by Gasteiger charge is 2.56. The molecule has 59 heavy (non-hydrogen) atoms. The zero-order valence-electron chi connectivity index (χ0n) is 33.4. The van der Waals surface area contributed by atoms with Gasteiger partial charge in [-0.3, -0.25) is 14.9 Å². The summed E-state index contributed by atoms with van der Waals surface area (Å²) in [4.78, 5) is 89.4. The van der Waals surface area contributed by atoms with Crippen LogP contribution in [0.3, 0.4) is 0 Å². The van der Waals surface area contributed by atoms with Crippen LogP contribution in [0.1, 0.15) is 77.3 Å². The topological polar surface area (TPSA) is 225 Å². The van der Waals surface area contributed by atoms with Gasteiger partial charge in [-0.05, 0) is 52.7 Å². The molecule has 1 aliphatic carbocycles. The molecule has 0 unspecified atom stereocenters. The van der Waals surface area contributed by atoms with E-state index in [2.05, 4.69) is 31.4 Å². The Labute approximate surface area is 344 Å². The van der Waals surface area contributed by atoms with Crippen LogP contribution in [0.4, 0.5) is 19.5 Å². The Morgan fingerprint density at radius 3 is 2.14 bits per heavy atom. The van der Waals surface area contributed by atoms with Gasteiger partial charge in [-0.1, -0.05) is 65.8 Å². The smallest absolute Gasteiger partial charge is 0.413 e.